The van der Waals surface area contributed by atoms with E-state index in [1.54, 1.807) is 6.20 Å². The van der Waals surface area contributed by atoms with E-state index in [2.05, 4.69) is 9.98 Å². The van der Waals surface area contributed by atoms with E-state index in [-0.39, 0.29) is 5.54 Å². The minimum atomic E-state index is -0.157. The van der Waals surface area contributed by atoms with Crippen molar-refractivity contribution in [2.45, 2.75) is 33.2 Å². The summed E-state index contributed by atoms with van der Waals surface area (Å²) in [5.74, 6) is 0.501. The smallest absolute Gasteiger partial charge is 0.145 e. The lowest BCUT2D eigenvalue weighted by Crippen LogP contribution is -2.22. The molecule has 3 nitrogen and oxygen atoms in total. The highest BCUT2D eigenvalue weighted by atomic mass is 14.9. The summed E-state index contributed by atoms with van der Waals surface area (Å²) < 4.78 is 0. The third-order valence-electron chi connectivity index (χ3n) is 1.63. The zero-order valence-electron chi connectivity index (χ0n) is 9.20. The number of aliphatic imine (C=N–C) groups is 1. The van der Waals surface area contributed by atoms with Crippen molar-refractivity contribution in [2.75, 3.05) is 0 Å². The average Bonchev–Trinajstić information content (AvgIpc) is 2.01. The number of nitrogens with two attached hydrogens (primary N) is 1. The van der Waals surface area contributed by atoms with Gasteiger partial charge in [0.2, 0.25) is 0 Å². The van der Waals surface area contributed by atoms with Crippen molar-refractivity contribution in [3.05, 3.63) is 29.6 Å². The Hall–Kier alpha value is -1.38. The molecule has 0 bridgehead atoms. The Kier molecular flexibility index (Phi) is 2.89. The third kappa shape index (κ3) is 3.17. The molecular weight excluding hydrogens is 174 g/mol. The molecule has 0 spiro atoms. The van der Waals surface area contributed by atoms with Crippen LogP contribution in [0, 0.1) is 6.92 Å². The number of aryl methyl sites for hydroxylation is 1. The molecule has 0 saturated heterocycles. The Labute approximate surface area is 85.1 Å². The van der Waals surface area contributed by atoms with Crippen molar-refractivity contribution in [3.8, 4) is 0 Å². The monoisotopic (exact) mass is 191 g/mol. The maximum atomic E-state index is 5.84. The van der Waals surface area contributed by atoms with Crippen molar-refractivity contribution in [3.63, 3.8) is 0 Å². The summed E-state index contributed by atoms with van der Waals surface area (Å²) >= 11 is 0. The Bertz CT molecular complexity index is 348. The van der Waals surface area contributed by atoms with Crippen LogP contribution >= 0.6 is 0 Å². The highest BCUT2D eigenvalue weighted by Crippen LogP contribution is 2.08. The van der Waals surface area contributed by atoms with Crippen molar-refractivity contribution >= 4 is 5.84 Å². The summed E-state index contributed by atoms with van der Waals surface area (Å²) in [4.78, 5) is 8.52. The fourth-order valence-corrected chi connectivity index (χ4v) is 1.09. The molecule has 0 radical (unpaired) electrons. The first-order valence-electron chi connectivity index (χ1n) is 4.67. The van der Waals surface area contributed by atoms with E-state index >= 15 is 0 Å². The number of rotatable bonds is 1. The van der Waals surface area contributed by atoms with Crippen molar-refractivity contribution in [1.29, 1.82) is 0 Å². The van der Waals surface area contributed by atoms with Gasteiger partial charge in [0.1, 0.15) is 11.5 Å². The van der Waals surface area contributed by atoms with Gasteiger partial charge in [-0.15, -0.1) is 0 Å². The molecule has 1 aromatic heterocycles. The molecule has 0 aromatic carbocycles. The predicted octanol–water partition coefficient (Wildman–Crippen LogP) is 1.89. The van der Waals surface area contributed by atoms with E-state index in [9.17, 15) is 0 Å². The molecule has 0 atom stereocenters. The molecule has 0 unspecified atom stereocenters. The zero-order chi connectivity index (χ0) is 10.8. The predicted molar refractivity (Wildman–Crippen MR) is 59.5 cm³/mol. The van der Waals surface area contributed by atoms with Gasteiger partial charge in [-0.3, -0.25) is 9.98 Å². The summed E-state index contributed by atoms with van der Waals surface area (Å²) in [6.07, 6.45) is 1.75. The number of hydrogen-bond donors (Lipinski definition) is 1. The maximum absolute atomic E-state index is 5.84. The van der Waals surface area contributed by atoms with Crippen LogP contribution in [-0.2, 0) is 0 Å². The fourth-order valence-electron chi connectivity index (χ4n) is 1.09. The lowest BCUT2D eigenvalue weighted by molar-refractivity contribution is 0.583. The molecule has 0 amide bonds. The molecule has 1 aromatic rings. The van der Waals surface area contributed by atoms with Crippen LogP contribution in [-0.4, -0.2) is 16.4 Å². The topological polar surface area (TPSA) is 51.3 Å². The minimum absolute atomic E-state index is 0.157. The van der Waals surface area contributed by atoms with Crippen LogP contribution in [0.4, 0.5) is 0 Å². The summed E-state index contributed by atoms with van der Waals surface area (Å²) in [6, 6.07) is 3.87. The molecule has 0 fully saturated rings. The van der Waals surface area contributed by atoms with Crippen molar-refractivity contribution in [1.82, 2.24) is 4.98 Å². The van der Waals surface area contributed by atoms with E-state index in [1.807, 2.05) is 39.8 Å². The second-order valence-corrected chi connectivity index (χ2v) is 4.39. The van der Waals surface area contributed by atoms with Crippen LogP contribution in [0.15, 0.2) is 23.3 Å². The van der Waals surface area contributed by atoms with E-state index < -0.39 is 0 Å². The van der Waals surface area contributed by atoms with Gasteiger partial charge >= 0.3 is 0 Å². The highest BCUT2D eigenvalue weighted by Gasteiger charge is 2.09. The summed E-state index contributed by atoms with van der Waals surface area (Å²) in [5.41, 5.74) is 7.57. The van der Waals surface area contributed by atoms with Crippen LogP contribution < -0.4 is 5.73 Å². The quantitative estimate of drug-likeness (QED) is 0.544. The standard InChI is InChI=1S/C11H17N3/c1-8-5-6-13-9(7-8)10(12)14-11(2,3)4/h5-7H,1-4H3,(H2,12,14). The summed E-state index contributed by atoms with van der Waals surface area (Å²) in [6.45, 7) is 8.04. The van der Waals surface area contributed by atoms with E-state index in [0.717, 1.165) is 11.3 Å². The second-order valence-electron chi connectivity index (χ2n) is 4.39. The number of amidine groups is 1. The van der Waals surface area contributed by atoms with E-state index in [4.69, 9.17) is 5.73 Å². The third-order valence-corrected chi connectivity index (χ3v) is 1.63. The lowest BCUT2D eigenvalue weighted by atomic mass is 10.1. The normalized spacial score (nSPS) is 13.0. The molecule has 1 heterocycles. The van der Waals surface area contributed by atoms with E-state index in [0.29, 0.717) is 5.84 Å². The molecule has 14 heavy (non-hydrogen) atoms. The second kappa shape index (κ2) is 3.78. The maximum Gasteiger partial charge on any atom is 0.145 e. The van der Waals surface area contributed by atoms with E-state index in [1.165, 1.54) is 0 Å². The molecule has 3 heteroatoms. The SMILES string of the molecule is Cc1ccnc(C(N)=NC(C)(C)C)c1. The van der Waals surface area contributed by atoms with Gasteiger partial charge in [-0.2, -0.15) is 0 Å². The zero-order valence-corrected chi connectivity index (χ0v) is 9.20. The molecule has 0 saturated carbocycles. The van der Waals surface area contributed by atoms with Gasteiger partial charge in [0.05, 0.1) is 5.54 Å². The van der Waals surface area contributed by atoms with Gasteiger partial charge in [0.15, 0.2) is 0 Å². The molecule has 1 rings (SSSR count). The number of pyridine rings is 1. The molecule has 76 valence electrons. The van der Waals surface area contributed by atoms with Gasteiger partial charge in [-0.05, 0) is 45.4 Å². The largest absolute Gasteiger partial charge is 0.382 e. The first kappa shape index (κ1) is 10.7. The summed E-state index contributed by atoms with van der Waals surface area (Å²) in [7, 11) is 0. The fraction of sp³-hybridized carbons (Fsp3) is 0.455. The molecule has 2 N–H and O–H groups in total. The lowest BCUT2D eigenvalue weighted by Gasteiger charge is -2.13. The van der Waals surface area contributed by atoms with Gasteiger partial charge in [0.25, 0.3) is 0 Å². The molecular formula is C11H17N3. The number of aromatic nitrogens is 1. The Morgan fingerprint density at radius 1 is 1.43 bits per heavy atom. The Morgan fingerprint density at radius 2 is 2.07 bits per heavy atom. The Balaban J connectivity index is 3.01. The first-order valence-corrected chi connectivity index (χ1v) is 4.67. The van der Waals surface area contributed by atoms with Crippen LogP contribution in [0.25, 0.3) is 0 Å². The van der Waals surface area contributed by atoms with Crippen LogP contribution in [0.2, 0.25) is 0 Å². The molecule has 0 aliphatic heterocycles. The van der Waals surface area contributed by atoms with Crippen molar-refractivity contribution < 1.29 is 0 Å². The van der Waals surface area contributed by atoms with Gasteiger partial charge in [0, 0.05) is 6.20 Å². The molecule has 0 aliphatic carbocycles. The minimum Gasteiger partial charge on any atom is -0.382 e. The van der Waals surface area contributed by atoms with Crippen LogP contribution in [0.1, 0.15) is 32.0 Å². The van der Waals surface area contributed by atoms with Crippen LogP contribution in [0.5, 0.6) is 0 Å². The number of hydrogen-bond acceptors (Lipinski definition) is 2. The molecule has 0 aliphatic rings. The summed E-state index contributed by atoms with van der Waals surface area (Å²) in [5, 5.41) is 0. The van der Waals surface area contributed by atoms with Gasteiger partial charge in [-0.25, -0.2) is 0 Å². The average molecular weight is 191 g/mol. The van der Waals surface area contributed by atoms with Crippen LogP contribution in [0.3, 0.4) is 0 Å². The van der Waals surface area contributed by atoms with Crippen molar-refractivity contribution in [2.24, 2.45) is 10.7 Å². The number of nitrogens with zero attached hydrogens (tertiary/aromatic N) is 2. The van der Waals surface area contributed by atoms with Gasteiger partial charge < -0.3 is 5.73 Å². The van der Waals surface area contributed by atoms with Gasteiger partial charge in [-0.1, -0.05) is 0 Å². The Morgan fingerprint density at radius 3 is 2.57 bits per heavy atom. The first-order chi connectivity index (χ1) is 6.38. The highest BCUT2D eigenvalue weighted by molar-refractivity contribution is 5.96.